The fourth-order valence-corrected chi connectivity index (χ4v) is 1.53. The Morgan fingerprint density at radius 1 is 1.15 bits per heavy atom. The highest BCUT2D eigenvalue weighted by Crippen LogP contribution is 2.21. The Hall–Kier alpha value is -1.88. The van der Waals surface area contributed by atoms with Crippen molar-refractivity contribution in [2.45, 2.75) is 67.7 Å². The number of nitrogens with zero attached hydrogens (tertiary/aromatic N) is 3. The number of aromatic nitrogens is 2. The van der Waals surface area contributed by atoms with E-state index in [0.717, 1.165) is 23.5 Å². The number of rotatable bonds is 4. The highest BCUT2D eigenvalue weighted by molar-refractivity contribution is 6.30. The van der Waals surface area contributed by atoms with E-state index in [9.17, 15) is 0 Å². The third kappa shape index (κ3) is 10.9. The highest BCUT2D eigenvalue weighted by atomic mass is 35.5. The van der Waals surface area contributed by atoms with Crippen LogP contribution in [0.15, 0.2) is 33.9 Å². The Balaban J connectivity index is 0. The van der Waals surface area contributed by atoms with Crippen molar-refractivity contribution in [3.63, 3.8) is 0 Å². The third-order valence-corrected chi connectivity index (χ3v) is 3.06. The summed E-state index contributed by atoms with van der Waals surface area (Å²) in [7, 11) is 1.55. The molecular formula is C20H34ClN3O2. The molecular weight excluding hydrogens is 350 g/mol. The Morgan fingerprint density at radius 2 is 1.69 bits per heavy atom. The summed E-state index contributed by atoms with van der Waals surface area (Å²) in [4.78, 5) is 8.77. The lowest BCUT2D eigenvalue weighted by Crippen LogP contribution is -1.89. The van der Waals surface area contributed by atoms with Gasteiger partial charge in [-0.15, -0.1) is 0 Å². The van der Waals surface area contributed by atoms with Crippen molar-refractivity contribution in [2.24, 2.45) is 5.16 Å². The molecule has 0 saturated heterocycles. The molecule has 5 nitrogen and oxygen atoms in total. The van der Waals surface area contributed by atoms with Crippen molar-refractivity contribution >= 4 is 17.3 Å². The second-order valence-corrected chi connectivity index (χ2v) is 5.42. The van der Waals surface area contributed by atoms with Crippen LogP contribution in [0.3, 0.4) is 0 Å². The first-order chi connectivity index (χ1) is 12.5. The predicted octanol–water partition coefficient (Wildman–Crippen LogP) is 6.98. The molecule has 2 rings (SSSR count). The van der Waals surface area contributed by atoms with E-state index in [1.807, 2.05) is 67.5 Å². The number of oxime groups is 1. The van der Waals surface area contributed by atoms with Crippen LogP contribution in [-0.2, 0) is 4.84 Å². The molecule has 0 aliphatic heterocycles. The molecule has 0 amide bonds. The molecule has 0 saturated carbocycles. The Bertz CT molecular complexity index is 593. The van der Waals surface area contributed by atoms with Crippen LogP contribution in [-0.4, -0.2) is 23.0 Å². The van der Waals surface area contributed by atoms with Gasteiger partial charge in [0.05, 0.1) is 5.71 Å². The van der Waals surface area contributed by atoms with E-state index in [1.165, 1.54) is 0 Å². The number of hydrogen-bond donors (Lipinski definition) is 0. The molecule has 1 aromatic heterocycles. The van der Waals surface area contributed by atoms with E-state index in [1.54, 1.807) is 19.2 Å². The maximum absolute atomic E-state index is 5.79. The molecule has 0 spiro atoms. The van der Waals surface area contributed by atoms with Gasteiger partial charge in [-0.3, -0.25) is 0 Å². The van der Waals surface area contributed by atoms with Crippen LogP contribution in [0.2, 0.25) is 5.02 Å². The van der Waals surface area contributed by atoms with Crippen LogP contribution in [0, 0.1) is 0 Å². The molecule has 0 radical (unpaired) electrons. The maximum Gasteiger partial charge on any atom is 0.257 e. The lowest BCUT2D eigenvalue weighted by Gasteiger charge is -1.94. The molecule has 6 heteroatoms. The van der Waals surface area contributed by atoms with Crippen LogP contribution in [0.4, 0.5) is 0 Å². The van der Waals surface area contributed by atoms with E-state index in [2.05, 4.69) is 20.1 Å². The van der Waals surface area contributed by atoms with Crippen molar-refractivity contribution < 1.29 is 9.36 Å². The summed E-state index contributed by atoms with van der Waals surface area (Å²) in [6.07, 6.45) is 0.966. The van der Waals surface area contributed by atoms with Crippen LogP contribution >= 0.6 is 11.6 Å². The summed E-state index contributed by atoms with van der Waals surface area (Å²) in [5.41, 5.74) is 1.92. The summed E-state index contributed by atoms with van der Waals surface area (Å²) in [6.45, 7) is 16.0. The van der Waals surface area contributed by atoms with Crippen molar-refractivity contribution in [3.8, 4) is 11.5 Å². The number of hydrogen-bond acceptors (Lipinski definition) is 5. The fraction of sp³-hybridized carbons (Fsp3) is 0.550. The molecule has 0 N–H and O–H groups in total. The predicted molar refractivity (Wildman–Crippen MR) is 112 cm³/mol. The molecule has 148 valence electrons. The molecule has 0 unspecified atom stereocenters. The van der Waals surface area contributed by atoms with Crippen LogP contribution in [0.1, 0.15) is 73.6 Å². The summed E-state index contributed by atoms with van der Waals surface area (Å²) in [5.74, 6) is 1.53. The van der Waals surface area contributed by atoms with Gasteiger partial charge in [0, 0.05) is 16.5 Å². The average molecular weight is 384 g/mol. The van der Waals surface area contributed by atoms with Crippen LogP contribution in [0.5, 0.6) is 0 Å². The van der Waals surface area contributed by atoms with Gasteiger partial charge in [0.1, 0.15) is 7.11 Å². The average Bonchev–Trinajstić information content (AvgIpc) is 3.17. The van der Waals surface area contributed by atoms with Gasteiger partial charge in [0.25, 0.3) is 5.89 Å². The van der Waals surface area contributed by atoms with E-state index >= 15 is 0 Å². The van der Waals surface area contributed by atoms with E-state index in [0.29, 0.717) is 10.9 Å². The third-order valence-electron chi connectivity index (χ3n) is 2.81. The maximum atomic E-state index is 5.79. The van der Waals surface area contributed by atoms with Crippen molar-refractivity contribution in [3.05, 3.63) is 35.1 Å². The largest absolute Gasteiger partial charge is 0.399 e. The highest BCUT2D eigenvalue weighted by Gasteiger charge is 2.10. The standard InChI is InChI=1S/C11H11ClN2O.C5H11NO.2C2H6/c1-7(2)10-13-11(15-14-10)8-3-5-9(12)6-4-8;1-4-5(2)6-7-3;2*1-2/h3-7H,1-2H3;4H2,1-3H3;2*1-2H3/b;6-5+;;. The van der Waals surface area contributed by atoms with Gasteiger partial charge >= 0.3 is 0 Å². The zero-order valence-electron chi connectivity index (χ0n) is 17.6. The zero-order chi connectivity index (χ0) is 20.5. The molecule has 2 aromatic rings. The summed E-state index contributed by atoms with van der Waals surface area (Å²) in [6, 6.07) is 7.33. The molecule has 0 atom stereocenters. The van der Waals surface area contributed by atoms with Crippen molar-refractivity contribution in [1.82, 2.24) is 10.1 Å². The van der Waals surface area contributed by atoms with Gasteiger partial charge in [-0.05, 0) is 37.6 Å². The van der Waals surface area contributed by atoms with Gasteiger partial charge in [0.2, 0.25) is 0 Å². The molecule has 26 heavy (non-hydrogen) atoms. The Morgan fingerprint density at radius 3 is 2.04 bits per heavy atom. The SMILES string of the molecule is CC.CC.CC(C)c1noc(-c2ccc(Cl)cc2)n1.CC/C(C)=N/OC. The first-order valence-electron chi connectivity index (χ1n) is 9.14. The van der Waals surface area contributed by atoms with E-state index in [-0.39, 0.29) is 5.92 Å². The first kappa shape index (κ1) is 26.4. The molecule has 1 heterocycles. The normalized spacial score (nSPS) is 9.88. The van der Waals surface area contributed by atoms with Crippen molar-refractivity contribution in [1.29, 1.82) is 0 Å². The van der Waals surface area contributed by atoms with E-state index < -0.39 is 0 Å². The van der Waals surface area contributed by atoms with Gasteiger partial charge in [-0.2, -0.15) is 4.98 Å². The van der Waals surface area contributed by atoms with Crippen LogP contribution < -0.4 is 0 Å². The summed E-state index contributed by atoms with van der Waals surface area (Å²) in [5, 5.41) is 8.25. The summed E-state index contributed by atoms with van der Waals surface area (Å²) < 4.78 is 5.15. The zero-order valence-corrected chi connectivity index (χ0v) is 18.4. The minimum atomic E-state index is 0.273. The Labute approximate surface area is 163 Å². The first-order valence-corrected chi connectivity index (χ1v) is 9.51. The lowest BCUT2D eigenvalue weighted by atomic mass is 10.2. The van der Waals surface area contributed by atoms with Gasteiger partial charge in [0.15, 0.2) is 5.82 Å². The topological polar surface area (TPSA) is 60.5 Å². The van der Waals surface area contributed by atoms with Crippen LogP contribution in [0.25, 0.3) is 11.5 Å². The molecule has 0 fully saturated rings. The Kier molecular flexibility index (Phi) is 16.8. The van der Waals surface area contributed by atoms with Crippen molar-refractivity contribution in [2.75, 3.05) is 7.11 Å². The smallest absolute Gasteiger partial charge is 0.257 e. The molecule has 1 aromatic carbocycles. The van der Waals surface area contributed by atoms with Gasteiger partial charge in [-0.1, -0.05) is 70.4 Å². The number of halogens is 1. The lowest BCUT2D eigenvalue weighted by molar-refractivity contribution is 0.212. The fourth-order valence-electron chi connectivity index (χ4n) is 1.40. The molecule has 0 aliphatic rings. The van der Waals surface area contributed by atoms with E-state index in [4.69, 9.17) is 16.1 Å². The summed E-state index contributed by atoms with van der Waals surface area (Å²) >= 11 is 5.79. The molecule has 0 bridgehead atoms. The quantitative estimate of drug-likeness (QED) is 0.421. The second-order valence-electron chi connectivity index (χ2n) is 4.98. The van der Waals surface area contributed by atoms with Gasteiger partial charge < -0.3 is 9.36 Å². The minimum Gasteiger partial charge on any atom is -0.399 e. The monoisotopic (exact) mass is 383 g/mol. The minimum absolute atomic E-state index is 0.273. The van der Waals surface area contributed by atoms with Gasteiger partial charge in [-0.25, -0.2) is 0 Å². The second kappa shape index (κ2) is 16.6. The molecule has 0 aliphatic carbocycles. The number of benzene rings is 1.